The Kier molecular flexibility index (Phi) is 4.43. The molecule has 1 aliphatic rings. The number of amides is 1. The molecule has 0 N–H and O–H groups in total. The molecule has 0 radical (unpaired) electrons. The van der Waals surface area contributed by atoms with Crippen LogP contribution < -0.4 is 9.64 Å². The lowest BCUT2D eigenvalue weighted by molar-refractivity contribution is 0.0739. The van der Waals surface area contributed by atoms with Gasteiger partial charge in [0.05, 0.1) is 12.8 Å². The SMILES string of the molecule is COc1cccn2c(C(=O)N3CCN(c4ccc(F)cc4)CC3)c(C)nc12. The summed E-state index contributed by atoms with van der Waals surface area (Å²) in [6, 6.07) is 10.1. The highest BCUT2D eigenvalue weighted by Crippen LogP contribution is 2.23. The molecule has 1 aliphatic heterocycles. The number of aryl methyl sites for hydroxylation is 1. The van der Waals surface area contributed by atoms with Gasteiger partial charge < -0.3 is 14.5 Å². The van der Waals surface area contributed by atoms with Gasteiger partial charge in [-0.15, -0.1) is 0 Å². The van der Waals surface area contributed by atoms with Crippen LogP contribution in [0.5, 0.6) is 5.75 Å². The van der Waals surface area contributed by atoms with Crippen LogP contribution in [0.1, 0.15) is 16.2 Å². The first-order valence-electron chi connectivity index (χ1n) is 8.90. The number of hydrogen-bond acceptors (Lipinski definition) is 4. The Bertz CT molecular complexity index is 976. The molecule has 0 unspecified atom stereocenters. The maximum absolute atomic E-state index is 13.1. The first-order chi connectivity index (χ1) is 13.1. The number of piperazine rings is 1. The average molecular weight is 368 g/mol. The molecule has 1 saturated heterocycles. The number of hydrogen-bond donors (Lipinski definition) is 0. The van der Waals surface area contributed by atoms with E-state index in [2.05, 4.69) is 9.88 Å². The standard InChI is InChI=1S/C20H21FN4O2/c1-14-18(25-9-3-4-17(27-2)19(25)22-14)20(26)24-12-10-23(11-13-24)16-7-5-15(21)6-8-16/h3-9H,10-13H2,1-2H3. The Balaban J connectivity index is 1.54. The molecule has 0 bridgehead atoms. The van der Waals surface area contributed by atoms with Gasteiger partial charge >= 0.3 is 0 Å². The van der Waals surface area contributed by atoms with Crippen LogP contribution in [0, 0.1) is 12.7 Å². The molecule has 3 aromatic rings. The molecule has 1 amide bonds. The van der Waals surface area contributed by atoms with Gasteiger partial charge in [-0.1, -0.05) is 0 Å². The van der Waals surface area contributed by atoms with Gasteiger partial charge in [0.2, 0.25) is 0 Å². The molecule has 27 heavy (non-hydrogen) atoms. The van der Waals surface area contributed by atoms with Gasteiger partial charge in [-0.3, -0.25) is 9.20 Å². The Morgan fingerprint density at radius 2 is 1.81 bits per heavy atom. The first kappa shape index (κ1) is 17.3. The Hall–Kier alpha value is -3.09. The molecule has 0 saturated carbocycles. The van der Waals surface area contributed by atoms with Gasteiger partial charge in [-0.25, -0.2) is 9.37 Å². The average Bonchev–Trinajstić information content (AvgIpc) is 3.04. The lowest BCUT2D eigenvalue weighted by Crippen LogP contribution is -2.49. The molecule has 7 heteroatoms. The number of pyridine rings is 1. The minimum Gasteiger partial charge on any atom is -0.493 e. The smallest absolute Gasteiger partial charge is 0.272 e. The molecule has 0 atom stereocenters. The third-order valence-electron chi connectivity index (χ3n) is 4.97. The van der Waals surface area contributed by atoms with E-state index in [1.165, 1.54) is 12.1 Å². The number of aromatic nitrogens is 2. The lowest BCUT2D eigenvalue weighted by atomic mass is 10.2. The summed E-state index contributed by atoms with van der Waals surface area (Å²) < 4.78 is 20.3. The minimum atomic E-state index is -0.244. The number of carbonyl (C=O) groups is 1. The second-order valence-electron chi connectivity index (χ2n) is 6.57. The summed E-state index contributed by atoms with van der Waals surface area (Å²) in [7, 11) is 1.59. The van der Waals surface area contributed by atoms with Crippen LogP contribution in [0.3, 0.4) is 0 Å². The van der Waals surface area contributed by atoms with E-state index < -0.39 is 0 Å². The van der Waals surface area contributed by atoms with Crippen molar-refractivity contribution in [3.05, 3.63) is 59.8 Å². The summed E-state index contributed by atoms with van der Waals surface area (Å²) in [6.45, 7) is 4.46. The summed E-state index contributed by atoms with van der Waals surface area (Å²) in [5.41, 5.74) is 2.87. The van der Waals surface area contributed by atoms with Crippen LogP contribution in [-0.2, 0) is 0 Å². The quantitative estimate of drug-likeness (QED) is 0.713. The number of imidazole rings is 1. The first-order valence-corrected chi connectivity index (χ1v) is 8.90. The zero-order chi connectivity index (χ0) is 19.0. The molecular formula is C20H21FN4O2. The number of nitrogens with zero attached hydrogens (tertiary/aromatic N) is 4. The second-order valence-corrected chi connectivity index (χ2v) is 6.57. The molecule has 0 aliphatic carbocycles. The molecule has 2 aromatic heterocycles. The lowest BCUT2D eigenvalue weighted by Gasteiger charge is -2.36. The number of anilines is 1. The highest BCUT2D eigenvalue weighted by Gasteiger charge is 2.27. The molecule has 1 fully saturated rings. The number of methoxy groups -OCH3 is 1. The molecule has 6 nitrogen and oxygen atoms in total. The van der Waals surface area contributed by atoms with E-state index in [0.717, 1.165) is 5.69 Å². The van der Waals surface area contributed by atoms with Crippen LogP contribution in [0.25, 0.3) is 5.65 Å². The maximum Gasteiger partial charge on any atom is 0.272 e. The molecular weight excluding hydrogens is 347 g/mol. The number of ether oxygens (including phenoxy) is 1. The maximum atomic E-state index is 13.1. The zero-order valence-corrected chi connectivity index (χ0v) is 15.4. The summed E-state index contributed by atoms with van der Waals surface area (Å²) >= 11 is 0. The van der Waals surface area contributed by atoms with E-state index in [1.54, 1.807) is 23.6 Å². The summed E-state index contributed by atoms with van der Waals surface area (Å²) in [5.74, 6) is 0.360. The number of benzene rings is 1. The summed E-state index contributed by atoms with van der Waals surface area (Å²) in [5, 5.41) is 0. The number of carbonyl (C=O) groups excluding carboxylic acids is 1. The number of halogens is 1. The molecule has 1 aromatic carbocycles. The van der Waals surface area contributed by atoms with Gasteiger partial charge in [0.1, 0.15) is 11.5 Å². The van der Waals surface area contributed by atoms with Gasteiger partial charge in [0.15, 0.2) is 11.4 Å². The molecule has 140 valence electrons. The van der Waals surface area contributed by atoms with Gasteiger partial charge in [0.25, 0.3) is 5.91 Å². The topological polar surface area (TPSA) is 50.1 Å². The van der Waals surface area contributed by atoms with Crippen molar-refractivity contribution < 1.29 is 13.9 Å². The van der Waals surface area contributed by atoms with Crippen molar-refractivity contribution in [3.8, 4) is 5.75 Å². The number of rotatable bonds is 3. The van der Waals surface area contributed by atoms with Gasteiger partial charge in [0, 0.05) is 38.1 Å². The molecule has 4 rings (SSSR count). The third-order valence-corrected chi connectivity index (χ3v) is 4.97. The Labute approximate surface area is 156 Å². The third kappa shape index (κ3) is 3.09. The normalized spacial score (nSPS) is 14.6. The largest absolute Gasteiger partial charge is 0.493 e. The van der Waals surface area contributed by atoms with Crippen molar-refractivity contribution in [3.63, 3.8) is 0 Å². The van der Waals surface area contributed by atoms with Crippen molar-refractivity contribution in [1.29, 1.82) is 0 Å². The van der Waals surface area contributed by atoms with Crippen LogP contribution in [-0.4, -0.2) is 53.5 Å². The van der Waals surface area contributed by atoms with Gasteiger partial charge in [-0.05, 0) is 43.3 Å². The fourth-order valence-corrected chi connectivity index (χ4v) is 3.54. The minimum absolute atomic E-state index is 0.0352. The monoisotopic (exact) mass is 368 g/mol. The van der Waals surface area contributed by atoms with Crippen molar-refractivity contribution in [1.82, 2.24) is 14.3 Å². The Morgan fingerprint density at radius 3 is 2.48 bits per heavy atom. The fourth-order valence-electron chi connectivity index (χ4n) is 3.54. The molecule has 0 spiro atoms. The van der Waals surface area contributed by atoms with E-state index in [1.807, 2.05) is 30.2 Å². The van der Waals surface area contributed by atoms with Crippen molar-refractivity contribution in [2.24, 2.45) is 0 Å². The second kappa shape index (κ2) is 6.90. The van der Waals surface area contributed by atoms with Gasteiger partial charge in [-0.2, -0.15) is 0 Å². The van der Waals surface area contributed by atoms with E-state index in [-0.39, 0.29) is 11.7 Å². The molecule has 3 heterocycles. The van der Waals surface area contributed by atoms with Crippen LogP contribution in [0.2, 0.25) is 0 Å². The van der Waals surface area contributed by atoms with Crippen molar-refractivity contribution in [2.45, 2.75) is 6.92 Å². The predicted octanol–water partition coefficient (Wildman–Crippen LogP) is 2.75. The Morgan fingerprint density at radius 1 is 1.11 bits per heavy atom. The number of fused-ring (bicyclic) bond motifs is 1. The zero-order valence-electron chi connectivity index (χ0n) is 15.4. The van der Waals surface area contributed by atoms with Crippen molar-refractivity contribution in [2.75, 3.05) is 38.2 Å². The van der Waals surface area contributed by atoms with E-state index in [4.69, 9.17) is 4.74 Å². The van der Waals surface area contributed by atoms with E-state index >= 15 is 0 Å². The highest BCUT2D eigenvalue weighted by atomic mass is 19.1. The van der Waals surface area contributed by atoms with E-state index in [0.29, 0.717) is 49.0 Å². The summed E-state index contributed by atoms with van der Waals surface area (Å²) in [6.07, 6.45) is 1.83. The fraction of sp³-hybridized carbons (Fsp3) is 0.300. The van der Waals surface area contributed by atoms with Crippen LogP contribution in [0.15, 0.2) is 42.6 Å². The summed E-state index contributed by atoms with van der Waals surface area (Å²) in [4.78, 5) is 21.7. The van der Waals surface area contributed by atoms with E-state index in [9.17, 15) is 9.18 Å². The van der Waals surface area contributed by atoms with Crippen LogP contribution >= 0.6 is 0 Å². The predicted molar refractivity (Wildman–Crippen MR) is 101 cm³/mol. The highest BCUT2D eigenvalue weighted by molar-refractivity contribution is 5.95. The van der Waals surface area contributed by atoms with Crippen LogP contribution in [0.4, 0.5) is 10.1 Å². The van der Waals surface area contributed by atoms with Crippen molar-refractivity contribution >= 4 is 17.2 Å².